The van der Waals surface area contributed by atoms with Crippen molar-refractivity contribution in [2.24, 2.45) is 0 Å². The fraction of sp³-hybridized carbons (Fsp3) is 0. The monoisotopic (exact) mass is 269 g/mol. The van der Waals surface area contributed by atoms with Crippen LogP contribution in [-0.2, 0) is 0 Å². The quantitative estimate of drug-likeness (QED) is 0.523. The second-order valence-electron chi connectivity index (χ2n) is 2.06. The third-order valence-electron chi connectivity index (χ3n) is 1.32. The van der Waals surface area contributed by atoms with Crippen LogP contribution in [0.1, 0.15) is 5.56 Å². The van der Waals surface area contributed by atoms with E-state index in [9.17, 15) is 13.2 Å². The summed E-state index contributed by atoms with van der Waals surface area (Å²) >= 11 is 7.70. The van der Waals surface area contributed by atoms with Crippen molar-refractivity contribution in [3.63, 3.8) is 0 Å². The molecule has 1 aromatic carbocycles. The average Bonchev–Trinajstić information content (AvgIpc) is 2.13. The molecule has 0 bridgehead atoms. The molecule has 0 saturated heterocycles. The molecule has 13 heavy (non-hydrogen) atoms. The van der Waals surface area contributed by atoms with Crippen LogP contribution in [0.4, 0.5) is 13.2 Å². The van der Waals surface area contributed by atoms with Crippen LogP contribution in [-0.4, -0.2) is 0 Å². The Morgan fingerprint density at radius 1 is 1.15 bits per heavy atom. The minimum Gasteiger partial charge on any atom is -0.204 e. The highest BCUT2D eigenvalue weighted by Crippen LogP contribution is 2.31. The molecule has 0 atom stereocenters. The predicted molar refractivity (Wildman–Crippen MR) is 43.7 cm³/mol. The average molecular weight is 270 g/mol. The standard InChI is InChI=1S/C7BrClF3N/c8-3-6(11)4(9)2(1-13)5(10)7(3)12. The van der Waals surface area contributed by atoms with E-state index in [2.05, 4.69) is 15.9 Å². The van der Waals surface area contributed by atoms with Gasteiger partial charge in [-0.05, 0) is 15.9 Å². The van der Waals surface area contributed by atoms with Gasteiger partial charge in [0.05, 0.1) is 9.50 Å². The zero-order valence-electron chi connectivity index (χ0n) is 5.84. The Morgan fingerprint density at radius 3 is 2.15 bits per heavy atom. The Balaban J connectivity index is 3.69. The Morgan fingerprint density at radius 2 is 1.69 bits per heavy atom. The fourth-order valence-corrected chi connectivity index (χ4v) is 1.41. The molecule has 0 unspecified atom stereocenters. The Kier molecular flexibility index (Phi) is 2.84. The van der Waals surface area contributed by atoms with Crippen LogP contribution in [0.5, 0.6) is 0 Å². The minimum absolute atomic E-state index is 0.714. The summed E-state index contributed by atoms with van der Waals surface area (Å²) < 4.78 is 37.7. The highest BCUT2D eigenvalue weighted by molar-refractivity contribution is 9.10. The maximum Gasteiger partial charge on any atom is 0.179 e. The number of hydrogen-bond acceptors (Lipinski definition) is 1. The van der Waals surface area contributed by atoms with Gasteiger partial charge >= 0.3 is 0 Å². The van der Waals surface area contributed by atoms with Crippen LogP contribution in [0, 0.1) is 28.8 Å². The first-order valence-electron chi connectivity index (χ1n) is 2.92. The summed E-state index contributed by atoms with van der Waals surface area (Å²) in [6.07, 6.45) is 0. The van der Waals surface area contributed by atoms with Crippen molar-refractivity contribution in [1.82, 2.24) is 0 Å². The van der Waals surface area contributed by atoms with Crippen LogP contribution in [0.25, 0.3) is 0 Å². The lowest BCUT2D eigenvalue weighted by molar-refractivity contribution is 0.485. The van der Waals surface area contributed by atoms with Crippen LogP contribution in [0.2, 0.25) is 5.02 Å². The Bertz CT molecular complexity index is 384. The molecule has 68 valence electrons. The van der Waals surface area contributed by atoms with Gasteiger partial charge in [0.2, 0.25) is 0 Å². The molecule has 0 fully saturated rings. The van der Waals surface area contributed by atoms with E-state index in [1.807, 2.05) is 0 Å². The maximum atomic E-state index is 12.9. The molecule has 0 spiro atoms. The lowest BCUT2D eigenvalue weighted by Gasteiger charge is -2.02. The summed E-state index contributed by atoms with van der Waals surface area (Å²) in [5.74, 6) is -4.10. The van der Waals surface area contributed by atoms with Gasteiger partial charge in [-0.1, -0.05) is 11.6 Å². The third-order valence-corrected chi connectivity index (χ3v) is 2.37. The molecule has 1 rings (SSSR count). The first-order chi connectivity index (χ1) is 6.00. The summed E-state index contributed by atoms with van der Waals surface area (Å²) in [6.45, 7) is 0. The first kappa shape index (κ1) is 10.4. The number of nitrogens with zero attached hydrogens (tertiary/aromatic N) is 1. The summed E-state index contributed by atoms with van der Waals surface area (Å²) in [7, 11) is 0. The van der Waals surface area contributed by atoms with Gasteiger partial charge in [0.25, 0.3) is 0 Å². The summed E-state index contributed by atoms with van der Waals surface area (Å²) in [4.78, 5) is 0. The normalized spacial score (nSPS) is 9.85. The van der Waals surface area contributed by atoms with Gasteiger partial charge in [0, 0.05) is 0 Å². The predicted octanol–water partition coefficient (Wildman–Crippen LogP) is 3.39. The van der Waals surface area contributed by atoms with Crippen molar-refractivity contribution in [2.75, 3.05) is 0 Å². The van der Waals surface area contributed by atoms with Crippen molar-refractivity contribution >= 4 is 27.5 Å². The minimum atomic E-state index is -1.46. The summed E-state index contributed by atoms with van der Waals surface area (Å²) in [5.41, 5.74) is -0.833. The van der Waals surface area contributed by atoms with Gasteiger partial charge in [-0.2, -0.15) is 5.26 Å². The van der Waals surface area contributed by atoms with Gasteiger partial charge in [-0.3, -0.25) is 0 Å². The SMILES string of the molecule is N#Cc1c(F)c(F)c(Br)c(F)c1Cl. The van der Waals surface area contributed by atoms with Crippen molar-refractivity contribution in [3.8, 4) is 6.07 Å². The third kappa shape index (κ3) is 1.52. The Labute approximate surface area is 84.9 Å². The number of benzene rings is 1. The number of hydrogen-bond donors (Lipinski definition) is 0. The summed E-state index contributed by atoms with van der Waals surface area (Å²) in [6, 6.07) is 1.26. The zero-order chi connectivity index (χ0) is 10.2. The molecule has 1 nitrogen and oxygen atoms in total. The first-order valence-corrected chi connectivity index (χ1v) is 4.09. The van der Waals surface area contributed by atoms with E-state index in [1.54, 1.807) is 0 Å². The van der Waals surface area contributed by atoms with Crippen molar-refractivity contribution in [1.29, 1.82) is 5.26 Å². The van der Waals surface area contributed by atoms with E-state index < -0.39 is 32.5 Å². The lowest BCUT2D eigenvalue weighted by Crippen LogP contribution is -1.97. The number of nitriles is 1. The van der Waals surface area contributed by atoms with Gasteiger partial charge in [0.1, 0.15) is 11.6 Å². The molecule has 1 aromatic rings. The van der Waals surface area contributed by atoms with Crippen LogP contribution in [0.3, 0.4) is 0 Å². The molecule has 0 aliphatic heterocycles. The molecule has 0 aliphatic carbocycles. The maximum absolute atomic E-state index is 12.9. The molecule has 0 saturated carbocycles. The van der Waals surface area contributed by atoms with Crippen LogP contribution >= 0.6 is 27.5 Å². The van der Waals surface area contributed by atoms with Gasteiger partial charge in [-0.25, -0.2) is 13.2 Å². The van der Waals surface area contributed by atoms with Gasteiger partial charge < -0.3 is 0 Å². The molecule has 0 amide bonds. The molecular weight excluding hydrogens is 270 g/mol. The molecular formula is C7BrClF3N. The molecule has 6 heteroatoms. The Hall–Kier alpha value is -0.730. The number of rotatable bonds is 0. The molecule has 0 radical (unpaired) electrons. The van der Waals surface area contributed by atoms with E-state index in [-0.39, 0.29) is 0 Å². The number of halogens is 5. The molecule has 0 aliphatic rings. The molecule has 0 aromatic heterocycles. The molecule has 0 heterocycles. The van der Waals surface area contributed by atoms with E-state index >= 15 is 0 Å². The highest BCUT2D eigenvalue weighted by atomic mass is 79.9. The van der Waals surface area contributed by atoms with Crippen LogP contribution < -0.4 is 0 Å². The van der Waals surface area contributed by atoms with Crippen molar-refractivity contribution in [3.05, 3.63) is 32.5 Å². The van der Waals surface area contributed by atoms with Crippen molar-refractivity contribution < 1.29 is 13.2 Å². The van der Waals surface area contributed by atoms with E-state index in [1.165, 1.54) is 6.07 Å². The second kappa shape index (κ2) is 3.56. The van der Waals surface area contributed by atoms with Gasteiger partial charge in [0.15, 0.2) is 17.5 Å². The van der Waals surface area contributed by atoms with E-state index in [4.69, 9.17) is 16.9 Å². The van der Waals surface area contributed by atoms with E-state index in [0.29, 0.717) is 0 Å². The largest absolute Gasteiger partial charge is 0.204 e. The van der Waals surface area contributed by atoms with Gasteiger partial charge in [-0.15, -0.1) is 0 Å². The molecule has 0 N–H and O–H groups in total. The second-order valence-corrected chi connectivity index (χ2v) is 3.23. The topological polar surface area (TPSA) is 23.8 Å². The fourth-order valence-electron chi connectivity index (χ4n) is 0.703. The van der Waals surface area contributed by atoms with Crippen LogP contribution in [0.15, 0.2) is 4.47 Å². The van der Waals surface area contributed by atoms with E-state index in [0.717, 1.165) is 0 Å². The highest BCUT2D eigenvalue weighted by Gasteiger charge is 2.22. The van der Waals surface area contributed by atoms with Crippen molar-refractivity contribution in [2.45, 2.75) is 0 Å². The smallest absolute Gasteiger partial charge is 0.179 e. The zero-order valence-corrected chi connectivity index (χ0v) is 8.18. The summed E-state index contributed by atoms with van der Waals surface area (Å²) in [5, 5.41) is 7.59. The lowest BCUT2D eigenvalue weighted by atomic mass is 10.2.